The van der Waals surface area contributed by atoms with Gasteiger partial charge in [0, 0.05) is 5.33 Å². The van der Waals surface area contributed by atoms with Crippen LogP contribution in [0.3, 0.4) is 0 Å². The van der Waals surface area contributed by atoms with E-state index in [0.29, 0.717) is 5.41 Å². The Labute approximate surface area is 138 Å². The standard InChI is InChI=1S/C19H29BrO/c1-15(16-8-6-5-7-9-16)21-19(14-20)12-10-17(11-13-19)18(2,3)4/h5-9,15,17H,10-14H2,1-4H3. The van der Waals surface area contributed by atoms with E-state index >= 15 is 0 Å². The molecule has 0 spiro atoms. The smallest absolute Gasteiger partial charge is 0.0804 e. The van der Waals surface area contributed by atoms with Gasteiger partial charge in [-0.15, -0.1) is 0 Å². The molecule has 0 radical (unpaired) electrons. The minimum atomic E-state index is 0.0109. The third kappa shape index (κ3) is 4.32. The first-order valence-corrected chi connectivity index (χ1v) is 9.27. The zero-order valence-electron chi connectivity index (χ0n) is 13.9. The van der Waals surface area contributed by atoms with Crippen LogP contribution in [0.15, 0.2) is 30.3 Å². The van der Waals surface area contributed by atoms with E-state index in [2.05, 4.69) is 74.0 Å². The molecule has 2 heteroatoms. The van der Waals surface area contributed by atoms with Crippen LogP contribution in [-0.2, 0) is 4.74 Å². The summed E-state index contributed by atoms with van der Waals surface area (Å²) in [6, 6.07) is 10.6. The molecule has 0 bridgehead atoms. The summed E-state index contributed by atoms with van der Waals surface area (Å²) in [5, 5.41) is 0.939. The normalized spacial score (nSPS) is 28.3. The Kier molecular flexibility index (Phi) is 5.54. The molecule has 1 aromatic rings. The first kappa shape index (κ1) is 17.0. The van der Waals surface area contributed by atoms with Crippen molar-refractivity contribution in [1.82, 2.24) is 0 Å². The summed E-state index contributed by atoms with van der Waals surface area (Å²) in [6.45, 7) is 9.28. The minimum Gasteiger partial charge on any atom is -0.367 e. The van der Waals surface area contributed by atoms with Crippen molar-refractivity contribution in [2.45, 2.75) is 65.1 Å². The number of alkyl halides is 1. The van der Waals surface area contributed by atoms with Crippen molar-refractivity contribution in [2.24, 2.45) is 11.3 Å². The zero-order valence-corrected chi connectivity index (χ0v) is 15.4. The molecule has 1 aliphatic rings. The fourth-order valence-electron chi connectivity index (χ4n) is 3.46. The lowest BCUT2D eigenvalue weighted by Gasteiger charge is -2.44. The Bertz CT molecular complexity index is 427. The van der Waals surface area contributed by atoms with Crippen LogP contribution in [0.2, 0.25) is 0 Å². The highest BCUT2D eigenvalue weighted by Gasteiger charge is 2.39. The highest BCUT2D eigenvalue weighted by molar-refractivity contribution is 9.09. The van der Waals surface area contributed by atoms with Gasteiger partial charge in [0.15, 0.2) is 0 Å². The van der Waals surface area contributed by atoms with Crippen LogP contribution in [0.25, 0.3) is 0 Å². The molecule has 1 saturated carbocycles. The Hall–Kier alpha value is -0.340. The van der Waals surface area contributed by atoms with Gasteiger partial charge in [0.25, 0.3) is 0 Å². The van der Waals surface area contributed by atoms with Gasteiger partial charge < -0.3 is 4.74 Å². The molecule has 0 aromatic heterocycles. The second-order valence-corrected chi connectivity index (χ2v) is 8.19. The van der Waals surface area contributed by atoms with Gasteiger partial charge in [-0.25, -0.2) is 0 Å². The van der Waals surface area contributed by atoms with Gasteiger partial charge in [0.1, 0.15) is 0 Å². The lowest BCUT2D eigenvalue weighted by atomic mass is 9.69. The van der Waals surface area contributed by atoms with Gasteiger partial charge in [0.2, 0.25) is 0 Å². The number of hydrogen-bond acceptors (Lipinski definition) is 1. The predicted octanol–water partition coefficient (Wildman–Crippen LogP) is 6.13. The molecule has 1 unspecified atom stereocenters. The fraction of sp³-hybridized carbons (Fsp3) is 0.684. The summed E-state index contributed by atoms with van der Waals surface area (Å²) in [4.78, 5) is 0. The average Bonchev–Trinajstić information content (AvgIpc) is 2.47. The SMILES string of the molecule is CC(OC1(CBr)CCC(C(C)(C)C)CC1)c1ccccc1. The highest BCUT2D eigenvalue weighted by atomic mass is 79.9. The second kappa shape index (κ2) is 6.83. The van der Waals surface area contributed by atoms with E-state index < -0.39 is 0 Å². The maximum Gasteiger partial charge on any atom is 0.0804 e. The van der Waals surface area contributed by atoms with Gasteiger partial charge in [0.05, 0.1) is 11.7 Å². The van der Waals surface area contributed by atoms with E-state index in [9.17, 15) is 0 Å². The minimum absolute atomic E-state index is 0.0109. The molecule has 0 N–H and O–H groups in total. The number of ether oxygens (including phenoxy) is 1. The molecule has 1 aromatic carbocycles. The fourth-order valence-corrected chi connectivity index (χ4v) is 4.15. The molecular weight excluding hydrogens is 324 g/mol. The molecule has 0 saturated heterocycles. The molecular formula is C19H29BrO. The van der Waals surface area contributed by atoms with Crippen molar-refractivity contribution in [3.05, 3.63) is 35.9 Å². The molecule has 0 heterocycles. The summed E-state index contributed by atoms with van der Waals surface area (Å²) in [6.07, 6.45) is 5.04. The van der Waals surface area contributed by atoms with E-state index in [1.54, 1.807) is 0 Å². The Balaban J connectivity index is 2.00. The van der Waals surface area contributed by atoms with Crippen LogP contribution in [-0.4, -0.2) is 10.9 Å². The lowest BCUT2D eigenvalue weighted by molar-refractivity contribution is -0.106. The summed E-state index contributed by atoms with van der Waals surface area (Å²) in [7, 11) is 0. The van der Waals surface area contributed by atoms with E-state index in [1.165, 1.54) is 18.4 Å². The van der Waals surface area contributed by atoms with E-state index in [1.807, 2.05) is 0 Å². The van der Waals surface area contributed by atoms with Crippen LogP contribution in [0, 0.1) is 11.3 Å². The Morgan fingerprint density at radius 3 is 2.24 bits per heavy atom. The lowest BCUT2D eigenvalue weighted by Crippen LogP contribution is -2.41. The summed E-state index contributed by atoms with van der Waals surface area (Å²) in [5.41, 5.74) is 1.70. The number of halogens is 1. The van der Waals surface area contributed by atoms with Crippen molar-refractivity contribution >= 4 is 15.9 Å². The van der Waals surface area contributed by atoms with Crippen LogP contribution in [0.1, 0.15) is 65.0 Å². The van der Waals surface area contributed by atoms with Crippen molar-refractivity contribution in [2.75, 3.05) is 5.33 Å². The maximum absolute atomic E-state index is 6.53. The summed E-state index contributed by atoms with van der Waals surface area (Å²) in [5.74, 6) is 0.820. The quantitative estimate of drug-likeness (QED) is 0.591. The highest BCUT2D eigenvalue weighted by Crippen LogP contribution is 2.45. The maximum atomic E-state index is 6.53. The van der Waals surface area contributed by atoms with Crippen LogP contribution < -0.4 is 0 Å². The molecule has 2 rings (SSSR count). The van der Waals surface area contributed by atoms with Crippen molar-refractivity contribution in [3.63, 3.8) is 0 Å². The average molecular weight is 353 g/mol. The molecule has 0 amide bonds. The number of benzene rings is 1. The molecule has 1 nitrogen and oxygen atoms in total. The third-order valence-electron chi connectivity index (χ3n) is 5.06. The first-order valence-electron chi connectivity index (χ1n) is 8.15. The van der Waals surface area contributed by atoms with Gasteiger partial charge >= 0.3 is 0 Å². The van der Waals surface area contributed by atoms with Crippen LogP contribution in [0.4, 0.5) is 0 Å². The number of rotatable bonds is 4. The van der Waals surface area contributed by atoms with Crippen molar-refractivity contribution in [3.8, 4) is 0 Å². The molecule has 118 valence electrons. The topological polar surface area (TPSA) is 9.23 Å². The molecule has 21 heavy (non-hydrogen) atoms. The third-order valence-corrected chi connectivity index (χ3v) is 6.08. The van der Waals surface area contributed by atoms with Gasteiger partial charge in [-0.2, -0.15) is 0 Å². The van der Waals surface area contributed by atoms with E-state index in [-0.39, 0.29) is 11.7 Å². The Morgan fingerprint density at radius 2 is 1.76 bits per heavy atom. The molecule has 1 aliphatic carbocycles. The van der Waals surface area contributed by atoms with Gasteiger partial charge in [-0.05, 0) is 49.5 Å². The van der Waals surface area contributed by atoms with Crippen molar-refractivity contribution < 1.29 is 4.74 Å². The van der Waals surface area contributed by atoms with E-state index in [0.717, 1.165) is 24.1 Å². The van der Waals surface area contributed by atoms with Crippen molar-refractivity contribution in [1.29, 1.82) is 0 Å². The summed E-state index contributed by atoms with van der Waals surface area (Å²) >= 11 is 3.71. The monoisotopic (exact) mass is 352 g/mol. The molecule has 0 aliphatic heterocycles. The van der Waals surface area contributed by atoms with E-state index in [4.69, 9.17) is 4.74 Å². The largest absolute Gasteiger partial charge is 0.367 e. The zero-order chi connectivity index (χ0) is 15.5. The Morgan fingerprint density at radius 1 is 1.19 bits per heavy atom. The molecule has 1 atom stereocenters. The van der Waals surface area contributed by atoms with Crippen LogP contribution in [0.5, 0.6) is 0 Å². The predicted molar refractivity (Wildman–Crippen MR) is 93.9 cm³/mol. The summed E-state index contributed by atoms with van der Waals surface area (Å²) < 4.78 is 6.53. The van der Waals surface area contributed by atoms with Gasteiger partial charge in [-0.1, -0.05) is 67.0 Å². The van der Waals surface area contributed by atoms with Gasteiger partial charge in [-0.3, -0.25) is 0 Å². The molecule has 1 fully saturated rings. The first-order chi connectivity index (χ1) is 9.86. The second-order valence-electron chi connectivity index (χ2n) is 7.63. The van der Waals surface area contributed by atoms with Crippen LogP contribution >= 0.6 is 15.9 Å². The number of hydrogen-bond donors (Lipinski definition) is 0.